The van der Waals surface area contributed by atoms with E-state index in [0.717, 1.165) is 0 Å². The molecule has 0 heterocycles. The highest BCUT2D eigenvalue weighted by atomic mass is 79.9. The summed E-state index contributed by atoms with van der Waals surface area (Å²) in [6.07, 6.45) is 0.678. The van der Waals surface area contributed by atoms with E-state index in [0.29, 0.717) is 28.0 Å². The van der Waals surface area contributed by atoms with E-state index >= 15 is 0 Å². The van der Waals surface area contributed by atoms with E-state index < -0.39 is 0 Å². The molecule has 0 aliphatic carbocycles. The molecule has 3 nitrogen and oxygen atoms in total. The molecule has 0 bridgehead atoms. The zero-order chi connectivity index (χ0) is 12.8. The fraction of sp³-hybridized carbons (Fsp3) is 0.417. The van der Waals surface area contributed by atoms with Crippen molar-refractivity contribution in [3.8, 4) is 0 Å². The van der Waals surface area contributed by atoms with Crippen molar-refractivity contribution in [2.45, 2.75) is 13.3 Å². The van der Waals surface area contributed by atoms with Gasteiger partial charge < -0.3 is 10.4 Å². The summed E-state index contributed by atoms with van der Waals surface area (Å²) in [5, 5.41) is 12.1. The standard InChI is InChI=1S/C12H15BrClNO2/c1-8(4-5-16)7-15-12(17)10-6-9(14)2-3-11(10)13/h2-3,6,8,16H,4-5,7H2,1H3,(H,15,17). The van der Waals surface area contributed by atoms with Crippen LogP contribution >= 0.6 is 27.5 Å². The molecule has 17 heavy (non-hydrogen) atoms. The van der Waals surface area contributed by atoms with Gasteiger partial charge in [0.25, 0.3) is 5.91 Å². The second kappa shape index (κ2) is 6.99. The smallest absolute Gasteiger partial charge is 0.252 e. The molecule has 0 aliphatic heterocycles. The van der Waals surface area contributed by atoms with Crippen molar-refractivity contribution in [2.75, 3.05) is 13.2 Å². The molecule has 1 atom stereocenters. The number of carbonyl (C=O) groups is 1. The molecular formula is C12H15BrClNO2. The number of hydrogen-bond donors (Lipinski definition) is 2. The lowest BCUT2D eigenvalue weighted by atomic mass is 10.1. The second-order valence-corrected chi connectivity index (χ2v) is 5.24. The van der Waals surface area contributed by atoms with E-state index in [1.165, 1.54) is 0 Å². The van der Waals surface area contributed by atoms with Crippen molar-refractivity contribution in [1.82, 2.24) is 5.32 Å². The Bertz CT molecular complexity index is 398. The minimum Gasteiger partial charge on any atom is -0.396 e. The lowest BCUT2D eigenvalue weighted by Gasteiger charge is -2.12. The highest BCUT2D eigenvalue weighted by Crippen LogP contribution is 2.21. The molecule has 0 aromatic heterocycles. The van der Waals surface area contributed by atoms with Gasteiger partial charge in [0.15, 0.2) is 0 Å². The minimum atomic E-state index is -0.163. The Kier molecular flexibility index (Phi) is 5.95. The number of aliphatic hydroxyl groups is 1. The Labute approximate surface area is 114 Å². The monoisotopic (exact) mass is 319 g/mol. The summed E-state index contributed by atoms with van der Waals surface area (Å²) >= 11 is 9.15. The largest absolute Gasteiger partial charge is 0.396 e. The normalized spacial score (nSPS) is 12.2. The summed E-state index contributed by atoms with van der Waals surface area (Å²) in [6, 6.07) is 5.09. The van der Waals surface area contributed by atoms with E-state index in [4.69, 9.17) is 16.7 Å². The molecule has 94 valence electrons. The zero-order valence-electron chi connectivity index (χ0n) is 9.54. The molecule has 0 spiro atoms. The van der Waals surface area contributed by atoms with Crippen LogP contribution in [0.4, 0.5) is 0 Å². The number of halogens is 2. The van der Waals surface area contributed by atoms with E-state index in [1.807, 2.05) is 6.92 Å². The van der Waals surface area contributed by atoms with Gasteiger partial charge in [-0.25, -0.2) is 0 Å². The molecule has 0 saturated carbocycles. The summed E-state index contributed by atoms with van der Waals surface area (Å²) < 4.78 is 0.717. The van der Waals surface area contributed by atoms with E-state index in [1.54, 1.807) is 18.2 Å². The average molecular weight is 321 g/mol. The Hall–Kier alpha value is -0.580. The van der Waals surface area contributed by atoms with Crippen LogP contribution in [0, 0.1) is 5.92 Å². The van der Waals surface area contributed by atoms with Gasteiger partial charge in [-0.05, 0) is 46.5 Å². The quantitative estimate of drug-likeness (QED) is 0.876. The summed E-state index contributed by atoms with van der Waals surface area (Å²) in [5.41, 5.74) is 0.522. The van der Waals surface area contributed by atoms with Gasteiger partial charge in [-0.1, -0.05) is 18.5 Å². The maximum absolute atomic E-state index is 11.9. The number of benzene rings is 1. The van der Waals surface area contributed by atoms with Gasteiger partial charge in [-0.2, -0.15) is 0 Å². The molecule has 2 N–H and O–H groups in total. The van der Waals surface area contributed by atoms with Gasteiger partial charge in [0.05, 0.1) is 5.56 Å². The number of aliphatic hydroxyl groups excluding tert-OH is 1. The van der Waals surface area contributed by atoms with Crippen molar-refractivity contribution >= 4 is 33.4 Å². The Balaban J connectivity index is 2.61. The first-order chi connectivity index (χ1) is 8.04. The molecule has 0 fully saturated rings. The van der Waals surface area contributed by atoms with Crippen molar-refractivity contribution in [3.63, 3.8) is 0 Å². The number of nitrogens with one attached hydrogen (secondary N) is 1. The van der Waals surface area contributed by atoms with Crippen LogP contribution in [0.3, 0.4) is 0 Å². The molecule has 5 heteroatoms. The average Bonchev–Trinajstić information content (AvgIpc) is 2.29. The van der Waals surface area contributed by atoms with Gasteiger partial charge in [0.2, 0.25) is 0 Å². The maximum atomic E-state index is 11.9. The van der Waals surface area contributed by atoms with Gasteiger partial charge >= 0.3 is 0 Å². The van der Waals surface area contributed by atoms with Crippen molar-refractivity contribution in [1.29, 1.82) is 0 Å². The van der Waals surface area contributed by atoms with Gasteiger partial charge in [0.1, 0.15) is 0 Å². The third-order valence-electron chi connectivity index (χ3n) is 2.41. The molecule has 1 aromatic rings. The first-order valence-corrected chi connectivity index (χ1v) is 6.55. The van der Waals surface area contributed by atoms with Gasteiger partial charge in [-0.3, -0.25) is 4.79 Å². The van der Waals surface area contributed by atoms with Gasteiger partial charge in [0, 0.05) is 22.6 Å². The fourth-order valence-corrected chi connectivity index (χ4v) is 1.95. The molecule has 1 amide bonds. The number of amides is 1. The van der Waals surface area contributed by atoms with Crippen molar-refractivity contribution < 1.29 is 9.90 Å². The first kappa shape index (κ1) is 14.5. The van der Waals surface area contributed by atoms with Gasteiger partial charge in [-0.15, -0.1) is 0 Å². The van der Waals surface area contributed by atoms with E-state index in [-0.39, 0.29) is 18.4 Å². The highest BCUT2D eigenvalue weighted by Gasteiger charge is 2.11. The Morgan fingerprint density at radius 3 is 2.94 bits per heavy atom. The number of rotatable bonds is 5. The van der Waals surface area contributed by atoms with E-state index in [2.05, 4.69) is 21.2 Å². The van der Waals surface area contributed by atoms with Crippen molar-refractivity contribution in [3.05, 3.63) is 33.3 Å². The van der Waals surface area contributed by atoms with Crippen LogP contribution in [-0.4, -0.2) is 24.2 Å². The molecule has 0 aliphatic rings. The Morgan fingerprint density at radius 1 is 1.59 bits per heavy atom. The van der Waals surface area contributed by atoms with Crippen LogP contribution in [0.25, 0.3) is 0 Å². The molecule has 1 aromatic carbocycles. The van der Waals surface area contributed by atoms with Crippen LogP contribution in [0.15, 0.2) is 22.7 Å². The predicted octanol–water partition coefficient (Wildman–Crippen LogP) is 2.85. The number of hydrogen-bond acceptors (Lipinski definition) is 2. The molecule has 0 radical (unpaired) electrons. The minimum absolute atomic E-state index is 0.137. The fourth-order valence-electron chi connectivity index (χ4n) is 1.36. The van der Waals surface area contributed by atoms with Crippen LogP contribution in [0.1, 0.15) is 23.7 Å². The lowest BCUT2D eigenvalue weighted by Crippen LogP contribution is -2.28. The maximum Gasteiger partial charge on any atom is 0.252 e. The van der Waals surface area contributed by atoms with Crippen LogP contribution in [0.2, 0.25) is 5.02 Å². The van der Waals surface area contributed by atoms with Crippen LogP contribution in [-0.2, 0) is 0 Å². The third-order valence-corrected chi connectivity index (χ3v) is 3.33. The van der Waals surface area contributed by atoms with Crippen molar-refractivity contribution in [2.24, 2.45) is 5.92 Å². The third kappa shape index (κ3) is 4.66. The first-order valence-electron chi connectivity index (χ1n) is 5.38. The lowest BCUT2D eigenvalue weighted by molar-refractivity contribution is 0.0944. The predicted molar refractivity (Wildman–Crippen MR) is 72.4 cm³/mol. The SMILES string of the molecule is CC(CCO)CNC(=O)c1cc(Cl)ccc1Br. The zero-order valence-corrected chi connectivity index (χ0v) is 11.9. The summed E-state index contributed by atoms with van der Waals surface area (Å²) in [5.74, 6) is 0.0890. The second-order valence-electron chi connectivity index (χ2n) is 3.95. The molecule has 1 rings (SSSR count). The number of carbonyl (C=O) groups excluding carboxylic acids is 1. The van der Waals surface area contributed by atoms with Crippen LogP contribution in [0.5, 0.6) is 0 Å². The van der Waals surface area contributed by atoms with E-state index in [9.17, 15) is 4.79 Å². The summed E-state index contributed by atoms with van der Waals surface area (Å²) in [4.78, 5) is 11.9. The topological polar surface area (TPSA) is 49.3 Å². The van der Waals surface area contributed by atoms with Crippen LogP contribution < -0.4 is 5.32 Å². The molecule has 1 unspecified atom stereocenters. The summed E-state index contributed by atoms with van der Waals surface area (Å²) in [6.45, 7) is 2.65. The summed E-state index contributed by atoms with van der Waals surface area (Å²) in [7, 11) is 0. The molecular weight excluding hydrogens is 305 g/mol. The Morgan fingerprint density at radius 2 is 2.29 bits per heavy atom. The molecule has 0 saturated heterocycles. The highest BCUT2D eigenvalue weighted by molar-refractivity contribution is 9.10.